The van der Waals surface area contributed by atoms with Gasteiger partial charge in [-0.05, 0) is 31.2 Å². The van der Waals surface area contributed by atoms with E-state index in [-0.39, 0.29) is 6.10 Å². The number of methoxy groups -OCH3 is 1. The molecule has 1 aromatic heterocycles. The van der Waals surface area contributed by atoms with Crippen molar-refractivity contribution >= 4 is 22.4 Å². The summed E-state index contributed by atoms with van der Waals surface area (Å²) >= 11 is 6.07. The number of aromatic nitrogens is 1. The number of halogens is 1. The van der Waals surface area contributed by atoms with Gasteiger partial charge in [0.05, 0.1) is 13.3 Å². The van der Waals surface area contributed by atoms with Crippen molar-refractivity contribution in [2.75, 3.05) is 20.2 Å². The molecule has 1 aliphatic rings. The third-order valence-corrected chi connectivity index (χ3v) is 3.52. The van der Waals surface area contributed by atoms with Crippen LogP contribution < -0.4 is 14.8 Å². The number of pyridine rings is 1. The maximum absolute atomic E-state index is 6.07. The van der Waals surface area contributed by atoms with Crippen molar-refractivity contribution in [2.24, 2.45) is 0 Å². The van der Waals surface area contributed by atoms with Gasteiger partial charge >= 0.3 is 0 Å². The minimum atomic E-state index is 0.170. The molecule has 0 aliphatic carbocycles. The Balaban J connectivity index is 2.05. The minimum absolute atomic E-state index is 0.170. The van der Waals surface area contributed by atoms with E-state index < -0.39 is 0 Å². The van der Waals surface area contributed by atoms with Crippen molar-refractivity contribution in [3.8, 4) is 11.6 Å². The Morgan fingerprint density at radius 3 is 3.00 bits per heavy atom. The number of hydrogen-bond donors (Lipinski definition) is 1. The van der Waals surface area contributed by atoms with Gasteiger partial charge in [-0.3, -0.25) is 0 Å². The van der Waals surface area contributed by atoms with Crippen molar-refractivity contribution < 1.29 is 9.47 Å². The van der Waals surface area contributed by atoms with E-state index in [1.54, 1.807) is 13.3 Å². The molecule has 1 aliphatic heterocycles. The lowest BCUT2D eigenvalue weighted by atomic mass is 10.1. The van der Waals surface area contributed by atoms with Crippen LogP contribution in [0.4, 0.5) is 0 Å². The first-order chi connectivity index (χ1) is 9.28. The summed E-state index contributed by atoms with van der Waals surface area (Å²) in [5.74, 6) is 1.34. The number of benzene rings is 1. The zero-order valence-electron chi connectivity index (χ0n) is 10.6. The molecule has 0 amide bonds. The molecule has 1 aromatic carbocycles. The van der Waals surface area contributed by atoms with Crippen LogP contribution in [0.5, 0.6) is 11.6 Å². The molecular weight excluding hydrogens is 264 g/mol. The molecule has 4 nitrogen and oxygen atoms in total. The fraction of sp³-hybridized carbons (Fsp3) is 0.357. The summed E-state index contributed by atoms with van der Waals surface area (Å²) < 4.78 is 11.3. The second-order valence-electron chi connectivity index (χ2n) is 4.55. The van der Waals surface area contributed by atoms with Crippen LogP contribution in [-0.2, 0) is 0 Å². The second kappa shape index (κ2) is 5.23. The molecule has 0 bridgehead atoms. The summed E-state index contributed by atoms with van der Waals surface area (Å²) in [5, 5.41) is 5.78. The molecule has 1 atom stereocenters. The van der Waals surface area contributed by atoms with Crippen molar-refractivity contribution in [1.82, 2.24) is 10.3 Å². The topological polar surface area (TPSA) is 43.4 Å². The Kier molecular flexibility index (Phi) is 3.44. The number of fused-ring (bicyclic) bond motifs is 1. The summed E-state index contributed by atoms with van der Waals surface area (Å²) in [6.45, 7) is 1.84. The van der Waals surface area contributed by atoms with Gasteiger partial charge in [-0.15, -0.1) is 0 Å². The van der Waals surface area contributed by atoms with Gasteiger partial charge in [0.2, 0.25) is 5.88 Å². The molecule has 0 spiro atoms. The molecule has 100 valence electrons. The van der Waals surface area contributed by atoms with Crippen molar-refractivity contribution in [3.63, 3.8) is 0 Å². The Morgan fingerprint density at radius 2 is 2.26 bits per heavy atom. The van der Waals surface area contributed by atoms with E-state index in [1.165, 1.54) is 0 Å². The number of ether oxygens (including phenoxy) is 2. The predicted octanol–water partition coefficient (Wildman–Crippen LogP) is 2.64. The Hall–Kier alpha value is -1.52. The highest BCUT2D eigenvalue weighted by Gasteiger charge is 2.18. The maximum Gasteiger partial charge on any atom is 0.221 e. The zero-order valence-corrected chi connectivity index (χ0v) is 11.4. The van der Waals surface area contributed by atoms with Gasteiger partial charge in [0, 0.05) is 22.3 Å². The van der Waals surface area contributed by atoms with E-state index >= 15 is 0 Å². The molecule has 0 saturated carbocycles. The average molecular weight is 279 g/mol. The summed E-state index contributed by atoms with van der Waals surface area (Å²) in [6, 6.07) is 5.63. The molecule has 19 heavy (non-hydrogen) atoms. The molecule has 3 rings (SSSR count). The predicted molar refractivity (Wildman–Crippen MR) is 75.2 cm³/mol. The lowest BCUT2D eigenvalue weighted by Gasteiger charge is -2.15. The fourth-order valence-electron chi connectivity index (χ4n) is 2.31. The smallest absolute Gasteiger partial charge is 0.221 e. The Bertz CT molecular complexity index is 597. The van der Waals surface area contributed by atoms with Gasteiger partial charge in [0.1, 0.15) is 11.9 Å². The van der Waals surface area contributed by atoms with Gasteiger partial charge < -0.3 is 14.8 Å². The Labute approximate surface area is 116 Å². The van der Waals surface area contributed by atoms with E-state index in [2.05, 4.69) is 10.3 Å². The van der Waals surface area contributed by atoms with Crippen LogP contribution in [0.25, 0.3) is 10.8 Å². The quantitative estimate of drug-likeness (QED) is 0.937. The van der Waals surface area contributed by atoms with Crippen molar-refractivity contribution in [1.29, 1.82) is 0 Å². The normalized spacial score (nSPS) is 18.7. The lowest BCUT2D eigenvalue weighted by molar-refractivity contribution is 0.217. The van der Waals surface area contributed by atoms with Crippen LogP contribution in [0.3, 0.4) is 0 Å². The van der Waals surface area contributed by atoms with Gasteiger partial charge in [-0.1, -0.05) is 11.6 Å². The summed E-state index contributed by atoms with van der Waals surface area (Å²) in [5.41, 5.74) is 0. The van der Waals surface area contributed by atoms with Gasteiger partial charge in [0.15, 0.2) is 0 Å². The number of rotatable bonds is 3. The van der Waals surface area contributed by atoms with E-state index in [1.807, 2.05) is 18.2 Å². The highest BCUT2D eigenvalue weighted by Crippen LogP contribution is 2.33. The molecule has 1 N–H and O–H groups in total. The van der Waals surface area contributed by atoms with Gasteiger partial charge in [-0.2, -0.15) is 0 Å². The first-order valence-electron chi connectivity index (χ1n) is 6.27. The molecule has 0 radical (unpaired) electrons. The van der Waals surface area contributed by atoms with Gasteiger partial charge in [-0.25, -0.2) is 4.98 Å². The molecule has 5 heteroatoms. The molecule has 2 heterocycles. The number of nitrogens with zero attached hydrogens (tertiary/aromatic N) is 1. The monoisotopic (exact) mass is 278 g/mol. The third kappa shape index (κ3) is 2.46. The highest BCUT2D eigenvalue weighted by molar-refractivity contribution is 6.31. The molecule has 1 saturated heterocycles. The second-order valence-corrected chi connectivity index (χ2v) is 4.99. The van der Waals surface area contributed by atoms with E-state index in [0.29, 0.717) is 10.9 Å². The van der Waals surface area contributed by atoms with Crippen molar-refractivity contribution in [3.05, 3.63) is 29.4 Å². The number of nitrogens with one attached hydrogen (secondary N) is 1. The van der Waals surface area contributed by atoms with E-state index in [0.717, 1.165) is 36.0 Å². The largest absolute Gasteiger partial charge is 0.494 e. The van der Waals surface area contributed by atoms with Gasteiger partial charge in [0.25, 0.3) is 0 Å². The first-order valence-corrected chi connectivity index (χ1v) is 6.65. The fourth-order valence-corrected chi connectivity index (χ4v) is 2.48. The lowest BCUT2D eigenvalue weighted by Crippen LogP contribution is -2.20. The SMILES string of the molecule is COc1cnc(O[C@@H]2CCNC2)c2cc(Cl)ccc12. The van der Waals surface area contributed by atoms with Crippen molar-refractivity contribution in [2.45, 2.75) is 12.5 Å². The zero-order chi connectivity index (χ0) is 13.2. The Morgan fingerprint density at radius 1 is 1.37 bits per heavy atom. The molecule has 0 unspecified atom stereocenters. The van der Waals surface area contributed by atoms with Crippen LogP contribution in [0, 0.1) is 0 Å². The van der Waals surface area contributed by atoms with E-state index in [4.69, 9.17) is 21.1 Å². The summed E-state index contributed by atoms with van der Waals surface area (Å²) in [6.07, 6.45) is 2.85. The third-order valence-electron chi connectivity index (χ3n) is 3.29. The summed E-state index contributed by atoms with van der Waals surface area (Å²) in [4.78, 5) is 4.35. The summed E-state index contributed by atoms with van der Waals surface area (Å²) in [7, 11) is 1.63. The van der Waals surface area contributed by atoms with Crippen LogP contribution in [0.15, 0.2) is 24.4 Å². The first kappa shape index (κ1) is 12.5. The number of hydrogen-bond acceptors (Lipinski definition) is 4. The van der Waals surface area contributed by atoms with Crippen LogP contribution in [0.1, 0.15) is 6.42 Å². The molecular formula is C14H15ClN2O2. The van der Waals surface area contributed by atoms with E-state index in [9.17, 15) is 0 Å². The average Bonchev–Trinajstić information content (AvgIpc) is 2.92. The molecule has 2 aromatic rings. The molecule has 1 fully saturated rings. The minimum Gasteiger partial charge on any atom is -0.494 e. The van der Waals surface area contributed by atoms with Crippen LogP contribution >= 0.6 is 11.6 Å². The van der Waals surface area contributed by atoms with Crippen LogP contribution in [0.2, 0.25) is 5.02 Å². The highest BCUT2D eigenvalue weighted by atomic mass is 35.5. The standard InChI is InChI=1S/C14H15ClN2O2/c1-18-13-8-17-14(19-10-4-5-16-7-10)12-6-9(15)2-3-11(12)13/h2-3,6,8,10,16H,4-5,7H2,1H3/t10-/m1/s1. The van der Waals surface area contributed by atoms with Crippen LogP contribution in [-0.4, -0.2) is 31.3 Å². The maximum atomic E-state index is 6.07.